The molecular weight excluding hydrogens is 307 g/mol. The Kier molecular flexibility index (Phi) is 8.11. The van der Waals surface area contributed by atoms with Gasteiger partial charge in [0.05, 0.1) is 6.54 Å². The van der Waals surface area contributed by atoms with Gasteiger partial charge in [0.15, 0.2) is 5.96 Å². The molecule has 0 bridgehead atoms. The molecule has 1 N–H and O–H groups in total. The van der Waals surface area contributed by atoms with E-state index in [9.17, 15) is 13.2 Å². The number of halogens is 3. The molecule has 0 aromatic heterocycles. The molecule has 1 rings (SSSR count). The van der Waals surface area contributed by atoms with E-state index in [0.29, 0.717) is 19.1 Å². The number of hydrogen-bond donors (Lipinski definition) is 1. The Labute approximate surface area is 137 Å². The number of nitrogens with zero attached hydrogens (tertiary/aromatic N) is 4. The molecule has 0 radical (unpaired) electrons. The van der Waals surface area contributed by atoms with E-state index in [0.717, 1.165) is 38.6 Å². The summed E-state index contributed by atoms with van der Waals surface area (Å²) >= 11 is 0. The van der Waals surface area contributed by atoms with Crippen molar-refractivity contribution >= 4 is 5.96 Å². The molecule has 1 heterocycles. The van der Waals surface area contributed by atoms with Crippen molar-refractivity contribution in [3.05, 3.63) is 0 Å². The molecule has 0 amide bonds. The Morgan fingerprint density at radius 1 is 1.30 bits per heavy atom. The second-order valence-electron chi connectivity index (χ2n) is 5.94. The molecule has 0 aromatic rings. The third kappa shape index (κ3) is 6.95. The zero-order valence-corrected chi connectivity index (χ0v) is 14.7. The summed E-state index contributed by atoms with van der Waals surface area (Å²) in [6.07, 6.45) is -3.06. The number of alkyl halides is 3. The minimum Gasteiger partial charge on any atom is -0.355 e. The normalized spacial score (nSPS) is 20.0. The molecule has 5 nitrogen and oxygen atoms in total. The first kappa shape index (κ1) is 20.0. The maximum absolute atomic E-state index is 12.3. The van der Waals surface area contributed by atoms with Crippen LogP contribution < -0.4 is 5.32 Å². The van der Waals surface area contributed by atoms with Gasteiger partial charge < -0.3 is 10.2 Å². The van der Waals surface area contributed by atoms with Crippen molar-refractivity contribution in [2.75, 3.05) is 59.9 Å². The lowest BCUT2D eigenvalue weighted by atomic mass is 10.2. The van der Waals surface area contributed by atoms with Gasteiger partial charge in [-0.25, -0.2) is 0 Å². The highest BCUT2D eigenvalue weighted by atomic mass is 19.4. The van der Waals surface area contributed by atoms with Crippen molar-refractivity contribution < 1.29 is 13.2 Å². The van der Waals surface area contributed by atoms with Gasteiger partial charge in [-0.05, 0) is 26.6 Å². The third-order valence-corrected chi connectivity index (χ3v) is 4.23. The van der Waals surface area contributed by atoms with Gasteiger partial charge in [-0.1, -0.05) is 13.8 Å². The summed E-state index contributed by atoms with van der Waals surface area (Å²) in [5.41, 5.74) is 0. The van der Waals surface area contributed by atoms with E-state index in [4.69, 9.17) is 0 Å². The minimum absolute atomic E-state index is 0.325. The fourth-order valence-electron chi connectivity index (χ4n) is 3.05. The summed E-state index contributed by atoms with van der Waals surface area (Å²) in [7, 11) is 3.19. The Bertz CT molecular complexity index is 369. The molecule has 1 aliphatic rings. The first-order valence-corrected chi connectivity index (χ1v) is 8.25. The van der Waals surface area contributed by atoms with Crippen molar-refractivity contribution in [2.45, 2.75) is 32.5 Å². The summed E-state index contributed by atoms with van der Waals surface area (Å²) in [6.45, 7) is 8.12. The van der Waals surface area contributed by atoms with Crippen LogP contribution in [0.2, 0.25) is 0 Å². The summed E-state index contributed by atoms with van der Waals surface area (Å²) in [4.78, 5) is 10.1. The fourth-order valence-corrected chi connectivity index (χ4v) is 3.05. The van der Waals surface area contributed by atoms with Gasteiger partial charge in [0.1, 0.15) is 0 Å². The topological polar surface area (TPSA) is 34.1 Å². The third-order valence-electron chi connectivity index (χ3n) is 4.23. The molecule has 1 fully saturated rings. The number of likely N-dealkylation sites (tertiary alicyclic amines) is 1. The molecule has 0 spiro atoms. The highest BCUT2D eigenvalue weighted by molar-refractivity contribution is 5.80. The summed E-state index contributed by atoms with van der Waals surface area (Å²) in [5.74, 6) is 0.778. The quantitative estimate of drug-likeness (QED) is 0.564. The van der Waals surface area contributed by atoms with Crippen LogP contribution in [0.1, 0.15) is 20.3 Å². The Morgan fingerprint density at radius 2 is 1.96 bits per heavy atom. The van der Waals surface area contributed by atoms with Crippen LogP contribution >= 0.6 is 0 Å². The first-order valence-electron chi connectivity index (χ1n) is 8.25. The van der Waals surface area contributed by atoms with E-state index in [1.807, 2.05) is 0 Å². The molecule has 136 valence electrons. The average molecular weight is 337 g/mol. The molecular formula is C15H30F3N5. The van der Waals surface area contributed by atoms with E-state index >= 15 is 0 Å². The fraction of sp³-hybridized carbons (Fsp3) is 0.933. The van der Waals surface area contributed by atoms with Crippen molar-refractivity contribution in [1.29, 1.82) is 0 Å². The summed E-state index contributed by atoms with van der Waals surface area (Å²) < 4.78 is 36.9. The van der Waals surface area contributed by atoms with E-state index in [1.165, 1.54) is 11.9 Å². The van der Waals surface area contributed by atoms with Crippen LogP contribution in [0.5, 0.6) is 0 Å². The van der Waals surface area contributed by atoms with Crippen molar-refractivity contribution in [2.24, 2.45) is 4.99 Å². The Morgan fingerprint density at radius 3 is 2.48 bits per heavy atom. The maximum atomic E-state index is 12.3. The molecule has 8 heteroatoms. The lowest BCUT2D eigenvalue weighted by Crippen LogP contribution is -2.45. The molecule has 1 aliphatic heterocycles. The first-order chi connectivity index (χ1) is 10.8. The van der Waals surface area contributed by atoms with Crippen LogP contribution in [-0.4, -0.2) is 92.8 Å². The number of rotatable bonds is 7. The van der Waals surface area contributed by atoms with Gasteiger partial charge in [-0.15, -0.1) is 0 Å². The maximum Gasteiger partial charge on any atom is 0.401 e. The Balaban J connectivity index is 2.38. The molecule has 0 saturated carbocycles. The zero-order chi connectivity index (χ0) is 17.5. The van der Waals surface area contributed by atoms with E-state index in [2.05, 4.69) is 34.0 Å². The summed E-state index contributed by atoms with van der Waals surface area (Å²) in [5, 5.41) is 3.17. The number of nitrogens with one attached hydrogen (secondary N) is 1. The van der Waals surface area contributed by atoms with Crippen molar-refractivity contribution in [3.8, 4) is 0 Å². The highest BCUT2D eigenvalue weighted by Gasteiger charge is 2.30. The molecule has 1 unspecified atom stereocenters. The smallest absolute Gasteiger partial charge is 0.355 e. The standard InChI is InChI=1S/C15H30F3N5/c1-5-22(6-2)13-7-9-23(11-13)14(19-3)20-8-10-21(4)12-15(16,17)18/h13H,5-12H2,1-4H3,(H,19,20). The van der Waals surface area contributed by atoms with Crippen LogP contribution in [0.4, 0.5) is 13.2 Å². The van der Waals surface area contributed by atoms with Crippen LogP contribution in [0.25, 0.3) is 0 Å². The van der Waals surface area contributed by atoms with Gasteiger partial charge in [-0.2, -0.15) is 13.2 Å². The van der Waals surface area contributed by atoms with E-state index in [-0.39, 0.29) is 0 Å². The lowest BCUT2D eigenvalue weighted by Gasteiger charge is -2.27. The number of aliphatic imine (C=N–C) groups is 1. The SMILES string of the molecule is CCN(CC)C1CCN(C(=NC)NCCN(C)CC(F)(F)F)C1. The molecule has 1 atom stereocenters. The number of likely N-dealkylation sites (N-methyl/N-ethyl adjacent to an activating group) is 2. The largest absolute Gasteiger partial charge is 0.401 e. The van der Waals surface area contributed by atoms with E-state index < -0.39 is 12.7 Å². The van der Waals surface area contributed by atoms with Gasteiger partial charge in [0.2, 0.25) is 0 Å². The minimum atomic E-state index is -4.15. The molecule has 1 saturated heterocycles. The second-order valence-corrected chi connectivity index (χ2v) is 5.94. The average Bonchev–Trinajstić information content (AvgIpc) is 2.92. The van der Waals surface area contributed by atoms with Crippen molar-refractivity contribution in [1.82, 2.24) is 20.0 Å². The van der Waals surface area contributed by atoms with Crippen LogP contribution in [0.15, 0.2) is 4.99 Å². The highest BCUT2D eigenvalue weighted by Crippen LogP contribution is 2.16. The number of guanidine groups is 1. The summed E-state index contributed by atoms with van der Waals surface area (Å²) in [6, 6.07) is 0.524. The molecule has 0 aliphatic carbocycles. The van der Waals surface area contributed by atoms with Gasteiger partial charge >= 0.3 is 6.18 Å². The Hall–Kier alpha value is -1.02. The van der Waals surface area contributed by atoms with Gasteiger partial charge in [0, 0.05) is 39.3 Å². The molecule has 0 aromatic carbocycles. The van der Waals surface area contributed by atoms with Crippen LogP contribution in [0, 0.1) is 0 Å². The lowest BCUT2D eigenvalue weighted by molar-refractivity contribution is -0.142. The predicted molar refractivity (Wildman–Crippen MR) is 87.8 cm³/mol. The van der Waals surface area contributed by atoms with E-state index in [1.54, 1.807) is 7.05 Å². The zero-order valence-electron chi connectivity index (χ0n) is 14.7. The van der Waals surface area contributed by atoms with Crippen molar-refractivity contribution in [3.63, 3.8) is 0 Å². The second kappa shape index (κ2) is 9.32. The molecule has 23 heavy (non-hydrogen) atoms. The van der Waals surface area contributed by atoms with Gasteiger partial charge in [-0.3, -0.25) is 14.8 Å². The monoisotopic (exact) mass is 337 g/mol. The van der Waals surface area contributed by atoms with Crippen LogP contribution in [-0.2, 0) is 0 Å². The number of hydrogen-bond acceptors (Lipinski definition) is 3. The van der Waals surface area contributed by atoms with Gasteiger partial charge in [0.25, 0.3) is 0 Å². The predicted octanol–water partition coefficient (Wildman–Crippen LogP) is 1.47. The van der Waals surface area contributed by atoms with Crippen LogP contribution in [0.3, 0.4) is 0 Å².